The Morgan fingerprint density at radius 1 is 1.28 bits per heavy atom. The number of ether oxygens (including phenoxy) is 1. The second kappa shape index (κ2) is 5.85. The molecule has 0 N–H and O–H groups in total. The maximum absolute atomic E-state index is 12.3. The molecule has 1 aliphatic heterocycles. The smallest absolute Gasteiger partial charge is 0.255 e. The lowest BCUT2D eigenvalue weighted by Crippen LogP contribution is -2.35. The number of rotatable bonds is 3. The van der Waals surface area contributed by atoms with E-state index < -0.39 is 0 Å². The zero-order valence-electron chi connectivity index (χ0n) is 11.1. The van der Waals surface area contributed by atoms with Crippen molar-refractivity contribution in [1.82, 2.24) is 9.88 Å². The monoisotopic (exact) mass is 248 g/mol. The summed E-state index contributed by atoms with van der Waals surface area (Å²) in [6.45, 7) is 5.63. The van der Waals surface area contributed by atoms with Gasteiger partial charge < -0.3 is 9.64 Å². The van der Waals surface area contributed by atoms with E-state index in [9.17, 15) is 4.79 Å². The third-order valence-corrected chi connectivity index (χ3v) is 2.98. The van der Waals surface area contributed by atoms with E-state index in [1.807, 2.05) is 18.7 Å². The third kappa shape index (κ3) is 3.22. The summed E-state index contributed by atoms with van der Waals surface area (Å²) >= 11 is 0. The van der Waals surface area contributed by atoms with Gasteiger partial charge >= 0.3 is 0 Å². The number of piperidine rings is 1. The van der Waals surface area contributed by atoms with Crippen LogP contribution in [-0.2, 0) is 0 Å². The second-order valence-corrected chi connectivity index (χ2v) is 4.93. The van der Waals surface area contributed by atoms with E-state index in [4.69, 9.17) is 4.74 Å². The highest BCUT2D eigenvalue weighted by atomic mass is 16.5. The molecule has 0 saturated carbocycles. The van der Waals surface area contributed by atoms with Crippen LogP contribution < -0.4 is 4.74 Å². The Kier molecular flexibility index (Phi) is 4.18. The molecule has 2 rings (SSSR count). The van der Waals surface area contributed by atoms with Gasteiger partial charge in [-0.15, -0.1) is 0 Å². The average molecular weight is 248 g/mol. The molecule has 1 aromatic rings. The lowest BCUT2D eigenvalue weighted by Gasteiger charge is -2.26. The number of amides is 1. The summed E-state index contributed by atoms with van der Waals surface area (Å²) in [6, 6.07) is 1.78. The fourth-order valence-electron chi connectivity index (χ4n) is 2.15. The van der Waals surface area contributed by atoms with Crippen LogP contribution in [0.2, 0.25) is 0 Å². The van der Waals surface area contributed by atoms with Crippen LogP contribution in [0, 0.1) is 0 Å². The number of pyridine rings is 1. The molecule has 1 fully saturated rings. The number of hydrogen-bond donors (Lipinski definition) is 0. The van der Waals surface area contributed by atoms with Crippen molar-refractivity contribution in [2.75, 3.05) is 13.1 Å². The first-order valence-electron chi connectivity index (χ1n) is 6.58. The van der Waals surface area contributed by atoms with Crippen LogP contribution in [0.25, 0.3) is 0 Å². The normalized spacial score (nSPS) is 15.8. The summed E-state index contributed by atoms with van der Waals surface area (Å²) in [5.74, 6) is 0.726. The fourth-order valence-corrected chi connectivity index (χ4v) is 2.15. The minimum absolute atomic E-state index is 0.0661. The highest BCUT2D eigenvalue weighted by Crippen LogP contribution is 2.17. The van der Waals surface area contributed by atoms with Crippen LogP contribution in [0.15, 0.2) is 18.5 Å². The molecular weight excluding hydrogens is 228 g/mol. The maximum Gasteiger partial charge on any atom is 0.255 e. The minimum atomic E-state index is 0.0661. The minimum Gasteiger partial charge on any atom is -0.489 e. The van der Waals surface area contributed by atoms with Crippen molar-refractivity contribution in [2.24, 2.45) is 0 Å². The predicted octanol–water partition coefficient (Wildman–Crippen LogP) is 2.49. The molecule has 0 unspecified atom stereocenters. The zero-order valence-corrected chi connectivity index (χ0v) is 11.1. The van der Waals surface area contributed by atoms with Crippen LogP contribution in [-0.4, -0.2) is 35.0 Å². The molecule has 4 nitrogen and oxygen atoms in total. The van der Waals surface area contributed by atoms with Crippen LogP contribution in [0.4, 0.5) is 0 Å². The van der Waals surface area contributed by atoms with Crippen molar-refractivity contribution >= 4 is 5.91 Å². The third-order valence-electron chi connectivity index (χ3n) is 2.98. The number of nitrogens with zero attached hydrogens (tertiary/aromatic N) is 2. The average Bonchev–Trinajstić information content (AvgIpc) is 2.38. The molecule has 0 spiro atoms. The van der Waals surface area contributed by atoms with Crippen molar-refractivity contribution in [3.63, 3.8) is 0 Å². The molecule has 1 aliphatic rings. The summed E-state index contributed by atoms with van der Waals surface area (Å²) in [7, 11) is 0. The van der Waals surface area contributed by atoms with E-state index >= 15 is 0 Å². The lowest BCUT2D eigenvalue weighted by molar-refractivity contribution is 0.0723. The van der Waals surface area contributed by atoms with Crippen LogP contribution in [0.5, 0.6) is 5.75 Å². The second-order valence-electron chi connectivity index (χ2n) is 4.93. The summed E-state index contributed by atoms with van der Waals surface area (Å²) < 4.78 is 5.56. The molecule has 1 saturated heterocycles. The fraction of sp³-hybridized carbons (Fsp3) is 0.571. The van der Waals surface area contributed by atoms with E-state index in [0.29, 0.717) is 11.3 Å². The zero-order chi connectivity index (χ0) is 13.0. The predicted molar refractivity (Wildman–Crippen MR) is 69.8 cm³/mol. The first-order chi connectivity index (χ1) is 8.66. The Labute approximate surface area is 108 Å². The van der Waals surface area contributed by atoms with Gasteiger partial charge in [0.15, 0.2) is 0 Å². The maximum atomic E-state index is 12.3. The van der Waals surface area contributed by atoms with Crippen LogP contribution >= 0.6 is 0 Å². The van der Waals surface area contributed by atoms with E-state index in [1.54, 1.807) is 18.5 Å². The molecule has 0 bridgehead atoms. The highest BCUT2D eigenvalue weighted by Gasteiger charge is 2.18. The molecule has 0 aliphatic carbocycles. The van der Waals surface area contributed by atoms with Gasteiger partial charge in [-0.05, 0) is 39.2 Å². The van der Waals surface area contributed by atoms with Gasteiger partial charge in [0.25, 0.3) is 5.91 Å². The molecule has 1 amide bonds. The molecular formula is C14H20N2O2. The van der Waals surface area contributed by atoms with E-state index in [-0.39, 0.29) is 12.0 Å². The summed E-state index contributed by atoms with van der Waals surface area (Å²) in [5, 5.41) is 0. The summed E-state index contributed by atoms with van der Waals surface area (Å²) in [6.07, 6.45) is 6.77. The standard InChI is InChI=1S/C14H20N2O2/c1-11(2)18-13-8-12(9-15-10-13)14(17)16-6-4-3-5-7-16/h8-11H,3-7H2,1-2H3. The number of likely N-dealkylation sites (tertiary alicyclic amines) is 1. The number of hydrogen-bond acceptors (Lipinski definition) is 3. The SMILES string of the molecule is CC(C)Oc1cncc(C(=O)N2CCCCC2)c1. The molecule has 0 aromatic carbocycles. The van der Waals surface area contributed by atoms with Crippen molar-refractivity contribution in [3.8, 4) is 5.75 Å². The topological polar surface area (TPSA) is 42.4 Å². The van der Waals surface area contributed by atoms with E-state index in [0.717, 1.165) is 25.9 Å². The quantitative estimate of drug-likeness (QED) is 0.825. The van der Waals surface area contributed by atoms with Crippen molar-refractivity contribution < 1.29 is 9.53 Å². The Bertz CT molecular complexity index is 412. The van der Waals surface area contributed by atoms with Gasteiger partial charge in [-0.1, -0.05) is 0 Å². The van der Waals surface area contributed by atoms with Crippen molar-refractivity contribution in [1.29, 1.82) is 0 Å². The number of carbonyl (C=O) groups excluding carboxylic acids is 1. The van der Waals surface area contributed by atoms with Gasteiger partial charge in [0.2, 0.25) is 0 Å². The van der Waals surface area contributed by atoms with Crippen LogP contribution in [0.1, 0.15) is 43.5 Å². The largest absolute Gasteiger partial charge is 0.489 e. The van der Waals surface area contributed by atoms with E-state index in [1.165, 1.54) is 6.42 Å². The van der Waals surface area contributed by atoms with Gasteiger partial charge in [0.05, 0.1) is 17.9 Å². The summed E-state index contributed by atoms with van der Waals surface area (Å²) in [5.41, 5.74) is 0.620. The molecule has 2 heterocycles. The molecule has 18 heavy (non-hydrogen) atoms. The Morgan fingerprint density at radius 3 is 2.67 bits per heavy atom. The van der Waals surface area contributed by atoms with E-state index in [2.05, 4.69) is 4.98 Å². The molecule has 4 heteroatoms. The highest BCUT2D eigenvalue weighted by molar-refractivity contribution is 5.94. The van der Waals surface area contributed by atoms with Gasteiger partial charge in [0.1, 0.15) is 5.75 Å². The Morgan fingerprint density at radius 2 is 2.00 bits per heavy atom. The van der Waals surface area contributed by atoms with Gasteiger partial charge in [-0.2, -0.15) is 0 Å². The number of aromatic nitrogens is 1. The van der Waals surface area contributed by atoms with Crippen molar-refractivity contribution in [2.45, 2.75) is 39.2 Å². The molecule has 1 aromatic heterocycles. The van der Waals surface area contributed by atoms with Gasteiger partial charge in [-0.25, -0.2) is 0 Å². The lowest BCUT2D eigenvalue weighted by atomic mass is 10.1. The summed E-state index contributed by atoms with van der Waals surface area (Å²) in [4.78, 5) is 18.3. The Hall–Kier alpha value is -1.58. The first kappa shape index (κ1) is 12.9. The van der Waals surface area contributed by atoms with Gasteiger partial charge in [0, 0.05) is 19.3 Å². The first-order valence-corrected chi connectivity index (χ1v) is 6.58. The molecule has 98 valence electrons. The number of carbonyl (C=O) groups is 1. The molecule has 0 atom stereocenters. The van der Waals surface area contributed by atoms with Crippen molar-refractivity contribution in [3.05, 3.63) is 24.0 Å². The van der Waals surface area contributed by atoms with Crippen LogP contribution in [0.3, 0.4) is 0 Å². The molecule has 0 radical (unpaired) electrons. The van der Waals surface area contributed by atoms with Gasteiger partial charge in [-0.3, -0.25) is 9.78 Å². The Balaban J connectivity index is 2.09.